The number of amidine groups is 1. The van der Waals surface area contributed by atoms with Gasteiger partial charge >= 0.3 is 0 Å². The van der Waals surface area contributed by atoms with Crippen molar-refractivity contribution in [2.45, 2.75) is 76.5 Å². The lowest BCUT2D eigenvalue weighted by atomic mass is 9.95. The highest BCUT2D eigenvalue weighted by Gasteiger charge is 2.36. The second-order valence-corrected chi connectivity index (χ2v) is 8.24. The molecule has 0 bridgehead atoms. The standard InChI is InChI=1S/C22H33N5O2/c1-15(26-18-6-3-2-4-7-18)22(29)27-13-5-8-19(27)21(28)25-14-16-9-11-17(12-10-16)20(23)24/h9-12,15,18-19,26H,2-8,13-14H2,1H3,(H3,23,24)(H,25,28)/t15?,19-/m0/s1. The van der Waals surface area contributed by atoms with E-state index in [0.29, 0.717) is 31.1 Å². The summed E-state index contributed by atoms with van der Waals surface area (Å²) in [6.07, 6.45) is 7.55. The molecule has 1 saturated carbocycles. The Morgan fingerprint density at radius 3 is 2.48 bits per heavy atom. The van der Waals surface area contributed by atoms with Gasteiger partial charge in [0.2, 0.25) is 11.8 Å². The van der Waals surface area contributed by atoms with Crippen molar-refractivity contribution in [3.05, 3.63) is 35.4 Å². The van der Waals surface area contributed by atoms with Crippen LogP contribution in [0.25, 0.3) is 0 Å². The number of carbonyl (C=O) groups is 2. The molecule has 1 heterocycles. The minimum atomic E-state index is -0.394. The minimum Gasteiger partial charge on any atom is -0.384 e. The van der Waals surface area contributed by atoms with Crippen LogP contribution in [-0.4, -0.2) is 47.2 Å². The Kier molecular flexibility index (Phi) is 7.25. The first-order chi connectivity index (χ1) is 14.0. The van der Waals surface area contributed by atoms with Gasteiger partial charge in [0.15, 0.2) is 0 Å². The maximum atomic E-state index is 13.0. The van der Waals surface area contributed by atoms with E-state index in [2.05, 4.69) is 10.6 Å². The van der Waals surface area contributed by atoms with E-state index in [-0.39, 0.29) is 23.7 Å². The minimum absolute atomic E-state index is 0.0247. The molecule has 2 amide bonds. The van der Waals surface area contributed by atoms with Gasteiger partial charge in [-0.25, -0.2) is 0 Å². The van der Waals surface area contributed by atoms with E-state index < -0.39 is 6.04 Å². The maximum absolute atomic E-state index is 13.0. The van der Waals surface area contributed by atoms with Gasteiger partial charge in [-0.1, -0.05) is 43.5 Å². The Hall–Kier alpha value is -2.41. The van der Waals surface area contributed by atoms with Crippen LogP contribution in [0.15, 0.2) is 24.3 Å². The second kappa shape index (κ2) is 9.87. The number of benzene rings is 1. The summed E-state index contributed by atoms with van der Waals surface area (Å²) in [5.41, 5.74) is 7.06. The highest BCUT2D eigenvalue weighted by Crippen LogP contribution is 2.21. The number of carbonyl (C=O) groups excluding carboxylic acids is 2. The molecule has 2 aliphatic rings. The predicted octanol–water partition coefficient (Wildman–Crippen LogP) is 1.89. The van der Waals surface area contributed by atoms with Crippen LogP contribution in [0.2, 0.25) is 0 Å². The lowest BCUT2D eigenvalue weighted by Crippen LogP contribution is -2.53. The van der Waals surface area contributed by atoms with E-state index in [1.807, 2.05) is 19.1 Å². The van der Waals surface area contributed by atoms with E-state index in [4.69, 9.17) is 11.1 Å². The Bertz CT molecular complexity index is 727. The van der Waals surface area contributed by atoms with Crippen molar-refractivity contribution in [1.82, 2.24) is 15.5 Å². The number of likely N-dealkylation sites (tertiary alicyclic amines) is 1. The van der Waals surface area contributed by atoms with Gasteiger partial charge in [0.05, 0.1) is 6.04 Å². The van der Waals surface area contributed by atoms with Crippen molar-refractivity contribution in [3.8, 4) is 0 Å². The lowest BCUT2D eigenvalue weighted by Gasteiger charge is -2.30. The van der Waals surface area contributed by atoms with Gasteiger partial charge in [-0.3, -0.25) is 15.0 Å². The third-order valence-electron chi connectivity index (χ3n) is 6.03. The summed E-state index contributed by atoms with van der Waals surface area (Å²) in [4.78, 5) is 27.4. The van der Waals surface area contributed by atoms with Crippen LogP contribution < -0.4 is 16.4 Å². The summed E-state index contributed by atoms with van der Waals surface area (Å²) in [6.45, 7) is 2.95. The first kappa shape index (κ1) is 21.3. The van der Waals surface area contributed by atoms with Crippen molar-refractivity contribution < 1.29 is 9.59 Å². The topological polar surface area (TPSA) is 111 Å². The normalized spacial score (nSPS) is 21.0. The zero-order valence-corrected chi connectivity index (χ0v) is 17.2. The molecule has 1 aromatic rings. The van der Waals surface area contributed by atoms with Gasteiger partial charge in [0.25, 0.3) is 0 Å². The van der Waals surface area contributed by atoms with Crippen molar-refractivity contribution in [2.24, 2.45) is 5.73 Å². The average molecular weight is 400 g/mol. The SMILES string of the molecule is CC(NC1CCCCC1)C(=O)N1CCC[C@H]1C(=O)NCc1ccc(C(=N)N)cc1. The Balaban J connectivity index is 1.52. The summed E-state index contributed by atoms with van der Waals surface area (Å²) >= 11 is 0. The number of nitrogens with one attached hydrogen (secondary N) is 3. The Morgan fingerprint density at radius 1 is 1.14 bits per heavy atom. The van der Waals surface area contributed by atoms with Crippen molar-refractivity contribution in [1.29, 1.82) is 5.41 Å². The van der Waals surface area contributed by atoms with Gasteiger partial charge < -0.3 is 21.3 Å². The number of hydrogen-bond acceptors (Lipinski definition) is 4. The van der Waals surface area contributed by atoms with E-state index in [0.717, 1.165) is 24.8 Å². The van der Waals surface area contributed by atoms with Crippen molar-refractivity contribution in [2.75, 3.05) is 6.54 Å². The summed E-state index contributed by atoms with van der Waals surface area (Å²) in [7, 11) is 0. The molecule has 1 unspecified atom stereocenters. The van der Waals surface area contributed by atoms with E-state index in [9.17, 15) is 9.59 Å². The lowest BCUT2D eigenvalue weighted by molar-refractivity contribution is -0.140. The van der Waals surface area contributed by atoms with E-state index in [1.54, 1.807) is 17.0 Å². The summed E-state index contributed by atoms with van der Waals surface area (Å²) in [5.74, 6) is -0.0490. The monoisotopic (exact) mass is 399 g/mol. The van der Waals surface area contributed by atoms with Crippen LogP contribution in [0.4, 0.5) is 0 Å². The number of nitrogen functional groups attached to an aromatic ring is 1. The molecular weight excluding hydrogens is 366 g/mol. The quantitative estimate of drug-likeness (QED) is 0.414. The molecule has 2 fully saturated rings. The molecule has 0 aromatic heterocycles. The van der Waals surface area contributed by atoms with Crippen LogP contribution >= 0.6 is 0 Å². The summed E-state index contributed by atoms with van der Waals surface area (Å²) in [6, 6.07) is 7.01. The number of nitrogens with two attached hydrogens (primary N) is 1. The molecule has 7 heteroatoms. The summed E-state index contributed by atoms with van der Waals surface area (Å²) in [5, 5.41) is 13.9. The van der Waals surface area contributed by atoms with E-state index >= 15 is 0 Å². The average Bonchev–Trinajstić information content (AvgIpc) is 3.22. The van der Waals surface area contributed by atoms with Crippen LogP contribution in [0, 0.1) is 5.41 Å². The molecule has 5 N–H and O–H groups in total. The number of nitrogens with zero attached hydrogens (tertiary/aromatic N) is 1. The van der Waals surface area contributed by atoms with Crippen LogP contribution in [0.3, 0.4) is 0 Å². The Labute approximate surface area is 172 Å². The molecular formula is C22H33N5O2. The molecule has 0 spiro atoms. The van der Waals surface area contributed by atoms with Crippen LogP contribution in [0.5, 0.6) is 0 Å². The molecule has 2 atom stereocenters. The van der Waals surface area contributed by atoms with Crippen molar-refractivity contribution >= 4 is 17.6 Å². The first-order valence-electron chi connectivity index (χ1n) is 10.7. The molecule has 1 aliphatic carbocycles. The van der Waals surface area contributed by atoms with Gasteiger partial charge in [0.1, 0.15) is 11.9 Å². The largest absolute Gasteiger partial charge is 0.384 e. The summed E-state index contributed by atoms with van der Waals surface area (Å²) < 4.78 is 0. The number of hydrogen-bond donors (Lipinski definition) is 4. The molecule has 1 aliphatic heterocycles. The fourth-order valence-electron chi connectivity index (χ4n) is 4.36. The third kappa shape index (κ3) is 5.56. The Morgan fingerprint density at radius 2 is 1.83 bits per heavy atom. The van der Waals surface area contributed by atoms with Crippen LogP contribution in [-0.2, 0) is 16.1 Å². The fraction of sp³-hybridized carbons (Fsp3) is 0.591. The highest BCUT2D eigenvalue weighted by atomic mass is 16.2. The van der Waals surface area contributed by atoms with Gasteiger partial charge in [-0.15, -0.1) is 0 Å². The van der Waals surface area contributed by atoms with E-state index in [1.165, 1.54) is 19.3 Å². The van der Waals surface area contributed by atoms with Gasteiger partial charge in [-0.05, 0) is 38.2 Å². The van der Waals surface area contributed by atoms with Gasteiger partial charge in [0, 0.05) is 24.7 Å². The molecule has 1 saturated heterocycles. The van der Waals surface area contributed by atoms with Gasteiger partial charge in [-0.2, -0.15) is 0 Å². The molecule has 3 rings (SSSR count). The maximum Gasteiger partial charge on any atom is 0.243 e. The van der Waals surface area contributed by atoms with Crippen LogP contribution in [0.1, 0.15) is 63.0 Å². The highest BCUT2D eigenvalue weighted by molar-refractivity contribution is 5.95. The fourth-order valence-corrected chi connectivity index (χ4v) is 4.36. The predicted molar refractivity (Wildman–Crippen MR) is 114 cm³/mol. The van der Waals surface area contributed by atoms with Crippen molar-refractivity contribution in [3.63, 3.8) is 0 Å². The molecule has 158 valence electrons. The molecule has 0 radical (unpaired) electrons. The number of amides is 2. The molecule has 7 nitrogen and oxygen atoms in total. The molecule has 1 aromatic carbocycles. The number of rotatable bonds is 7. The third-order valence-corrected chi connectivity index (χ3v) is 6.03. The first-order valence-corrected chi connectivity index (χ1v) is 10.7. The second-order valence-electron chi connectivity index (χ2n) is 8.24. The molecule has 29 heavy (non-hydrogen) atoms. The smallest absolute Gasteiger partial charge is 0.243 e. The zero-order valence-electron chi connectivity index (χ0n) is 17.2. The zero-order chi connectivity index (χ0) is 20.8.